The van der Waals surface area contributed by atoms with Crippen molar-refractivity contribution >= 4 is 12.6 Å². The van der Waals surface area contributed by atoms with Gasteiger partial charge in [-0.3, -0.25) is 5.32 Å². The summed E-state index contributed by atoms with van der Waals surface area (Å²) in [7, 11) is 3.55. The highest BCUT2D eigenvalue weighted by molar-refractivity contribution is 5.78. The Morgan fingerprint density at radius 3 is 2.09 bits per heavy atom. The summed E-state index contributed by atoms with van der Waals surface area (Å²) in [4.78, 5) is 4.46. The van der Waals surface area contributed by atoms with Crippen LogP contribution in [0.4, 0.5) is 0 Å². The predicted octanol–water partition coefficient (Wildman–Crippen LogP) is 3.25. The van der Waals surface area contributed by atoms with Crippen LogP contribution in [0.25, 0.3) is 0 Å². The van der Waals surface area contributed by atoms with Gasteiger partial charge in [0.25, 0.3) is 5.84 Å². The molecule has 1 fully saturated rings. The molecule has 1 N–H and O–H groups in total. The van der Waals surface area contributed by atoms with E-state index in [4.69, 9.17) is 4.74 Å². The standard InChI is InChI=1S/C19H34N3O/c1-12-15(6)17(7)18(8,19(17,23-11)21-14(4)5)22(10)16(20-9)13(2)3/h12-14,21H,1,6,10H2,2-5,7-9,11H3/q+1. The van der Waals surface area contributed by atoms with Crippen LogP contribution in [0.5, 0.6) is 0 Å². The fourth-order valence-corrected chi connectivity index (χ4v) is 4.12. The van der Waals surface area contributed by atoms with Crippen molar-refractivity contribution in [3.8, 4) is 0 Å². The Balaban J connectivity index is 3.54. The molecule has 0 radical (unpaired) electrons. The van der Waals surface area contributed by atoms with E-state index in [1.165, 1.54) is 0 Å². The topological polar surface area (TPSA) is 36.6 Å². The fourth-order valence-electron chi connectivity index (χ4n) is 4.12. The Bertz CT molecular complexity index is 549. The van der Waals surface area contributed by atoms with Crippen LogP contribution in [0.3, 0.4) is 0 Å². The molecule has 23 heavy (non-hydrogen) atoms. The fraction of sp³-hybridized carbons (Fsp3) is 0.684. The van der Waals surface area contributed by atoms with Gasteiger partial charge in [0, 0.05) is 13.2 Å². The molecule has 130 valence electrons. The van der Waals surface area contributed by atoms with Crippen LogP contribution < -0.4 is 5.32 Å². The first-order valence-electron chi connectivity index (χ1n) is 8.23. The molecule has 0 saturated heterocycles. The van der Waals surface area contributed by atoms with E-state index in [1.54, 1.807) is 7.11 Å². The number of nitrogens with zero attached hydrogens (tertiary/aromatic N) is 2. The molecule has 0 aliphatic heterocycles. The van der Waals surface area contributed by atoms with Crippen LogP contribution >= 0.6 is 0 Å². The van der Waals surface area contributed by atoms with E-state index >= 15 is 0 Å². The highest BCUT2D eigenvalue weighted by atomic mass is 16.5. The summed E-state index contributed by atoms with van der Waals surface area (Å²) >= 11 is 0. The lowest BCUT2D eigenvalue weighted by Gasteiger charge is -2.25. The van der Waals surface area contributed by atoms with Gasteiger partial charge in [-0.25, -0.2) is 4.58 Å². The summed E-state index contributed by atoms with van der Waals surface area (Å²) in [6, 6.07) is 0.253. The zero-order valence-corrected chi connectivity index (χ0v) is 16.2. The van der Waals surface area contributed by atoms with Crippen molar-refractivity contribution in [2.45, 2.75) is 58.8 Å². The Morgan fingerprint density at radius 1 is 1.26 bits per heavy atom. The Hall–Kier alpha value is -1.26. The van der Waals surface area contributed by atoms with Crippen LogP contribution in [0.15, 0.2) is 29.8 Å². The van der Waals surface area contributed by atoms with E-state index in [0.29, 0.717) is 0 Å². The SMILES string of the molecule is C=CC(=C)C1(C)C(NC(C)C)(OC)C1(C)[N+](=C)C(=NC)C(C)C. The maximum Gasteiger partial charge on any atom is 0.294 e. The molecule has 3 atom stereocenters. The van der Waals surface area contributed by atoms with Crippen molar-refractivity contribution in [1.82, 2.24) is 5.32 Å². The van der Waals surface area contributed by atoms with E-state index < -0.39 is 11.3 Å². The zero-order valence-electron chi connectivity index (χ0n) is 16.2. The van der Waals surface area contributed by atoms with Crippen LogP contribution in [-0.2, 0) is 4.74 Å². The van der Waals surface area contributed by atoms with Gasteiger partial charge in [-0.1, -0.05) is 38.1 Å². The maximum atomic E-state index is 6.05. The van der Waals surface area contributed by atoms with Crippen molar-refractivity contribution in [2.75, 3.05) is 14.2 Å². The molecule has 0 aromatic rings. The minimum atomic E-state index is -0.605. The van der Waals surface area contributed by atoms with Crippen LogP contribution in [-0.4, -0.2) is 48.6 Å². The molecule has 1 aliphatic rings. The summed E-state index contributed by atoms with van der Waals surface area (Å²) in [5, 5.41) is 3.61. The average molecular weight is 321 g/mol. The van der Waals surface area contributed by atoms with E-state index in [1.807, 2.05) is 17.7 Å². The van der Waals surface area contributed by atoms with Crippen LogP contribution in [0.1, 0.15) is 41.5 Å². The molecule has 0 heterocycles. The van der Waals surface area contributed by atoms with Gasteiger partial charge >= 0.3 is 0 Å². The van der Waals surface area contributed by atoms with Gasteiger partial charge in [0.1, 0.15) is 7.05 Å². The molecule has 1 aliphatic carbocycles. The molecule has 1 saturated carbocycles. The van der Waals surface area contributed by atoms with Gasteiger partial charge in [0.05, 0.1) is 18.1 Å². The first-order chi connectivity index (χ1) is 10.5. The van der Waals surface area contributed by atoms with E-state index in [0.717, 1.165) is 11.4 Å². The van der Waals surface area contributed by atoms with Crippen molar-refractivity contribution in [2.24, 2.45) is 16.3 Å². The number of allylic oxidation sites excluding steroid dienone is 1. The molecular formula is C19H34N3O+. The van der Waals surface area contributed by atoms with Gasteiger partial charge in [-0.05, 0) is 33.3 Å². The maximum absolute atomic E-state index is 6.05. The molecule has 0 aromatic carbocycles. The number of methoxy groups -OCH3 is 1. The van der Waals surface area contributed by atoms with Gasteiger partial charge in [0.15, 0.2) is 11.3 Å². The second-order valence-corrected chi connectivity index (χ2v) is 7.28. The highest BCUT2D eigenvalue weighted by Gasteiger charge is 2.89. The number of nitrogens with one attached hydrogen (secondary N) is 1. The lowest BCUT2D eigenvalue weighted by atomic mass is 9.92. The van der Waals surface area contributed by atoms with Crippen molar-refractivity contribution < 1.29 is 9.31 Å². The monoisotopic (exact) mass is 320 g/mol. The summed E-state index contributed by atoms with van der Waals surface area (Å²) in [5.41, 5.74) is -0.467. The first kappa shape index (κ1) is 19.8. The largest absolute Gasteiger partial charge is 0.358 e. The second-order valence-electron chi connectivity index (χ2n) is 7.28. The molecule has 0 bridgehead atoms. The third-order valence-corrected chi connectivity index (χ3v) is 5.55. The summed E-state index contributed by atoms with van der Waals surface area (Å²) in [6.07, 6.45) is 1.81. The Kier molecular flexibility index (Phi) is 5.44. The smallest absolute Gasteiger partial charge is 0.294 e. The minimum Gasteiger partial charge on any atom is -0.358 e. The lowest BCUT2D eigenvalue weighted by Crippen LogP contribution is -2.50. The van der Waals surface area contributed by atoms with Crippen LogP contribution in [0, 0.1) is 11.3 Å². The highest BCUT2D eigenvalue weighted by Crippen LogP contribution is 2.70. The van der Waals surface area contributed by atoms with Crippen LogP contribution in [0.2, 0.25) is 0 Å². The lowest BCUT2D eigenvalue weighted by molar-refractivity contribution is -0.483. The van der Waals surface area contributed by atoms with E-state index in [2.05, 4.69) is 71.7 Å². The molecule has 0 amide bonds. The van der Waals surface area contributed by atoms with Crippen molar-refractivity contribution in [1.29, 1.82) is 0 Å². The van der Waals surface area contributed by atoms with Gasteiger partial charge in [-0.15, -0.1) is 0 Å². The number of ether oxygens (including phenoxy) is 1. The summed E-state index contributed by atoms with van der Waals surface area (Å²) in [6.45, 7) is 25.3. The molecule has 3 unspecified atom stereocenters. The van der Waals surface area contributed by atoms with E-state index in [9.17, 15) is 0 Å². The molecule has 4 heteroatoms. The number of aliphatic imine (C=N–C) groups is 1. The van der Waals surface area contributed by atoms with Gasteiger partial charge in [-0.2, -0.15) is 0 Å². The van der Waals surface area contributed by atoms with Crippen molar-refractivity contribution in [3.63, 3.8) is 0 Å². The Morgan fingerprint density at radius 2 is 1.78 bits per heavy atom. The quantitative estimate of drug-likeness (QED) is 0.257. The third kappa shape index (κ3) is 2.34. The Labute approximate surface area is 142 Å². The summed E-state index contributed by atoms with van der Waals surface area (Å²) in [5.74, 6) is 1.21. The molecule has 0 spiro atoms. The molecular weight excluding hydrogens is 286 g/mol. The van der Waals surface area contributed by atoms with Crippen molar-refractivity contribution in [3.05, 3.63) is 24.8 Å². The number of hydrogen-bond donors (Lipinski definition) is 1. The zero-order chi connectivity index (χ0) is 18.2. The molecule has 4 nitrogen and oxygen atoms in total. The average Bonchev–Trinajstić information content (AvgIpc) is 2.91. The second kappa shape index (κ2) is 6.33. The third-order valence-electron chi connectivity index (χ3n) is 5.55. The number of amidine groups is 1. The summed E-state index contributed by atoms with van der Waals surface area (Å²) < 4.78 is 8.06. The number of hydrogen-bond acceptors (Lipinski definition) is 3. The molecule has 1 rings (SSSR count). The van der Waals surface area contributed by atoms with Gasteiger partial charge in [0.2, 0.25) is 0 Å². The number of rotatable bonds is 7. The predicted molar refractivity (Wildman–Crippen MR) is 99.4 cm³/mol. The minimum absolute atomic E-state index is 0.253. The van der Waals surface area contributed by atoms with Gasteiger partial charge < -0.3 is 4.74 Å². The first-order valence-corrected chi connectivity index (χ1v) is 8.23. The normalized spacial score (nSPS) is 33.9. The van der Waals surface area contributed by atoms with E-state index in [-0.39, 0.29) is 17.4 Å². The molecule has 0 aromatic heterocycles.